The molecule has 3 rings (SSSR count). The van der Waals surface area contributed by atoms with Crippen LogP contribution >= 0.6 is 0 Å². The summed E-state index contributed by atoms with van der Waals surface area (Å²) in [6, 6.07) is -0.216. The fourth-order valence-electron chi connectivity index (χ4n) is 3.02. The summed E-state index contributed by atoms with van der Waals surface area (Å²) < 4.78 is 0. The molecular weight excluding hydrogens is 244 g/mol. The zero-order valence-corrected chi connectivity index (χ0v) is 10.9. The van der Waals surface area contributed by atoms with Gasteiger partial charge in [0, 0.05) is 19.5 Å². The lowest BCUT2D eigenvalue weighted by Crippen LogP contribution is -2.54. The van der Waals surface area contributed by atoms with E-state index < -0.39 is 0 Å². The number of likely N-dealkylation sites (tertiary alicyclic amines) is 1. The number of hydrogen-bond acceptors (Lipinski definition) is 4. The average Bonchev–Trinajstić information content (AvgIpc) is 2.93. The van der Waals surface area contributed by atoms with E-state index in [-0.39, 0.29) is 24.6 Å². The third-order valence-corrected chi connectivity index (χ3v) is 4.15. The molecule has 1 saturated heterocycles. The van der Waals surface area contributed by atoms with Crippen molar-refractivity contribution in [3.63, 3.8) is 0 Å². The van der Waals surface area contributed by atoms with E-state index in [2.05, 4.69) is 15.3 Å². The van der Waals surface area contributed by atoms with Crippen molar-refractivity contribution in [2.24, 2.45) is 0 Å². The predicted octanol–water partition coefficient (Wildman–Crippen LogP) is -0.203. The Hall–Kier alpha value is -1.40. The zero-order valence-electron chi connectivity index (χ0n) is 10.9. The molecule has 0 bridgehead atoms. The predicted molar refractivity (Wildman–Crippen MR) is 69.4 cm³/mol. The number of carbonyl (C=O) groups excluding carboxylic acids is 1. The van der Waals surface area contributed by atoms with Gasteiger partial charge in [0.25, 0.3) is 0 Å². The Morgan fingerprint density at radius 3 is 3.26 bits per heavy atom. The minimum absolute atomic E-state index is 0.0105. The second-order valence-electron chi connectivity index (χ2n) is 5.33. The van der Waals surface area contributed by atoms with E-state index in [0.717, 1.165) is 37.2 Å². The number of H-pyrrole nitrogens is 1. The highest BCUT2D eigenvalue weighted by molar-refractivity contribution is 5.83. The first kappa shape index (κ1) is 12.6. The van der Waals surface area contributed by atoms with Crippen LogP contribution in [-0.2, 0) is 17.8 Å². The van der Waals surface area contributed by atoms with Gasteiger partial charge in [0.1, 0.15) is 0 Å². The number of aliphatic hydroxyl groups is 1. The first-order valence-electron chi connectivity index (χ1n) is 6.95. The van der Waals surface area contributed by atoms with Gasteiger partial charge in [-0.3, -0.25) is 10.1 Å². The first-order valence-corrected chi connectivity index (χ1v) is 6.95. The van der Waals surface area contributed by atoms with Crippen molar-refractivity contribution in [1.82, 2.24) is 20.2 Å². The van der Waals surface area contributed by atoms with Crippen molar-refractivity contribution >= 4 is 5.91 Å². The maximum atomic E-state index is 12.6. The Bertz CT molecular complexity index is 459. The summed E-state index contributed by atoms with van der Waals surface area (Å²) in [5.41, 5.74) is 2.05. The molecule has 0 saturated carbocycles. The molecule has 1 aromatic rings. The van der Waals surface area contributed by atoms with E-state index in [1.165, 1.54) is 0 Å². The summed E-state index contributed by atoms with van der Waals surface area (Å²) in [4.78, 5) is 21.8. The SMILES string of the molecule is O=C(C1Cc2nc[nH]c2CN1)N1CCCCC1CO. The van der Waals surface area contributed by atoms with Crippen molar-refractivity contribution < 1.29 is 9.90 Å². The molecule has 1 fully saturated rings. The van der Waals surface area contributed by atoms with Crippen LogP contribution in [0.15, 0.2) is 6.33 Å². The van der Waals surface area contributed by atoms with Crippen LogP contribution in [0.25, 0.3) is 0 Å². The molecule has 2 aliphatic rings. The largest absolute Gasteiger partial charge is 0.394 e. The number of aliphatic hydroxyl groups excluding tert-OH is 1. The van der Waals surface area contributed by atoms with Crippen molar-refractivity contribution in [2.45, 2.75) is 44.3 Å². The van der Waals surface area contributed by atoms with Crippen LogP contribution in [0.5, 0.6) is 0 Å². The number of nitrogens with one attached hydrogen (secondary N) is 2. The Morgan fingerprint density at radius 1 is 1.53 bits per heavy atom. The monoisotopic (exact) mass is 264 g/mol. The summed E-state index contributed by atoms with van der Waals surface area (Å²) >= 11 is 0. The lowest BCUT2D eigenvalue weighted by atomic mass is 9.98. The van der Waals surface area contributed by atoms with Gasteiger partial charge in [-0.15, -0.1) is 0 Å². The maximum absolute atomic E-state index is 12.6. The lowest BCUT2D eigenvalue weighted by molar-refractivity contribution is -0.138. The van der Waals surface area contributed by atoms with Crippen LogP contribution in [0.4, 0.5) is 0 Å². The molecular formula is C13H20N4O2. The fourth-order valence-corrected chi connectivity index (χ4v) is 3.02. The third kappa shape index (κ3) is 2.37. The number of aromatic nitrogens is 2. The molecule has 2 atom stereocenters. The summed E-state index contributed by atoms with van der Waals surface area (Å²) in [6.07, 6.45) is 5.34. The highest BCUT2D eigenvalue weighted by Crippen LogP contribution is 2.20. The fraction of sp³-hybridized carbons (Fsp3) is 0.692. The standard InChI is InChI=1S/C13H20N4O2/c18-7-9-3-1-2-4-17(9)13(19)11-5-10-12(6-14-11)16-8-15-10/h8-9,11,14,18H,1-7H2,(H,15,16). The Balaban J connectivity index is 1.70. The normalized spacial score (nSPS) is 27.1. The van der Waals surface area contributed by atoms with Gasteiger partial charge in [-0.05, 0) is 19.3 Å². The molecule has 2 aliphatic heterocycles. The van der Waals surface area contributed by atoms with Gasteiger partial charge < -0.3 is 15.0 Å². The first-order chi connectivity index (χ1) is 9.29. The van der Waals surface area contributed by atoms with Crippen LogP contribution in [0.2, 0.25) is 0 Å². The lowest BCUT2D eigenvalue weighted by Gasteiger charge is -2.37. The minimum atomic E-state index is -0.206. The topological polar surface area (TPSA) is 81.2 Å². The number of piperidine rings is 1. The zero-order chi connectivity index (χ0) is 13.2. The van der Waals surface area contributed by atoms with Crippen molar-refractivity contribution in [3.05, 3.63) is 17.7 Å². The highest BCUT2D eigenvalue weighted by Gasteiger charge is 2.33. The quantitative estimate of drug-likeness (QED) is 0.691. The number of hydrogen-bond donors (Lipinski definition) is 3. The van der Waals surface area contributed by atoms with E-state index in [4.69, 9.17) is 0 Å². The summed E-state index contributed by atoms with van der Waals surface area (Å²) in [5.74, 6) is 0.104. The summed E-state index contributed by atoms with van der Waals surface area (Å²) in [5, 5.41) is 12.7. The molecule has 6 nitrogen and oxygen atoms in total. The molecule has 0 aromatic carbocycles. The van der Waals surface area contributed by atoms with Crippen LogP contribution in [0, 0.1) is 0 Å². The maximum Gasteiger partial charge on any atom is 0.240 e. The molecule has 0 spiro atoms. The van der Waals surface area contributed by atoms with Crippen LogP contribution in [0.1, 0.15) is 30.7 Å². The summed E-state index contributed by atoms with van der Waals surface area (Å²) in [7, 11) is 0. The van der Waals surface area contributed by atoms with Gasteiger partial charge in [0.2, 0.25) is 5.91 Å². The molecule has 3 N–H and O–H groups in total. The molecule has 0 aliphatic carbocycles. The molecule has 104 valence electrons. The van der Waals surface area contributed by atoms with E-state index >= 15 is 0 Å². The Kier molecular flexibility index (Phi) is 3.52. The minimum Gasteiger partial charge on any atom is -0.394 e. The van der Waals surface area contributed by atoms with Gasteiger partial charge in [-0.1, -0.05) is 0 Å². The third-order valence-electron chi connectivity index (χ3n) is 4.15. The van der Waals surface area contributed by atoms with Gasteiger partial charge in [0.15, 0.2) is 0 Å². The van der Waals surface area contributed by atoms with Crippen molar-refractivity contribution in [1.29, 1.82) is 0 Å². The van der Waals surface area contributed by atoms with E-state index in [1.54, 1.807) is 6.33 Å². The smallest absolute Gasteiger partial charge is 0.240 e. The van der Waals surface area contributed by atoms with Crippen molar-refractivity contribution in [3.8, 4) is 0 Å². The molecule has 1 amide bonds. The number of nitrogens with zero attached hydrogens (tertiary/aromatic N) is 2. The number of amides is 1. The van der Waals surface area contributed by atoms with Gasteiger partial charge >= 0.3 is 0 Å². The molecule has 0 radical (unpaired) electrons. The number of imidazole rings is 1. The van der Waals surface area contributed by atoms with Gasteiger partial charge in [-0.2, -0.15) is 0 Å². The Morgan fingerprint density at radius 2 is 2.42 bits per heavy atom. The molecule has 19 heavy (non-hydrogen) atoms. The van der Waals surface area contributed by atoms with Crippen LogP contribution < -0.4 is 5.32 Å². The molecule has 2 unspecified atom stereocenters. The van der Waals surface area contributed by atoms with Crippen LogP contribution in [0.3, 0.4) is 0 Å². The summed E-state index contributed by atoms with van der Waals surface area (Å²) in [6.45, 7) is 1.48. The molecule has 3 heterocycles. The number of fused-ring (bicyclic) bond motifs is 1. The van der Waals surface area contributed by atoms with E-state index in [1.807, 2.05) is 4.90 Å². The Labute approximate surface area is 112 Å². The highest BCUT2D eigenvalue weighted by atomic mass is 16.3. The second-order valence-corrected chi connectivity index (χ2v) is 5.33. The van der Waals surface area contributed by atoms with Crippen LogP contribution in [-0.4, -0.2) is 51.1 Å². The van der Waals surface area contributed by atoms with Crippen molar-refractivity contribution in [2.75, 3.05) is 13.2 Å². The average molecular weight is 264 g/mol. The molecule has 1 aromatic heterocycles. The number of carbonyl (C=O) groups is 1. The number of aromatic amines is 1. The second kappa shape index (κ2) is 5.30. The van der Waals surface area contributed by atoms with Gasteiger partial charge in [0.05, 0.1) is 36.4 Å². The number of rotatable bonds is 2. The van der Waals surface area contributed by atoms with E-state index in [9.17, 15) is 9.90 Å². The van der Waals surface area contributed by atoms with E-state index in [0.29, 0.717) is 13.0 Å². The molecule has 6 heteroatoms. The van der Waals surface area contributed by atoms with Gasteiger partial charge in [-0.25, -0.2) is 4.98 Å².